The van der Waals surface area contributed by atoms with E-state index in [0.29, 0.717) is 0 Å². The predicted octanol–water partition coefficient (Wildman–Crippen LogP) is 2.68. The molecule has 17 heavy (non-hydrogen) atoms. The summed E-state index contributed by atoms with van der Waals surface area (Å²) < 4.78 is 1.16. The highest BCUT2D eigenvalue weighted by Crippen LogP contribution is 2.18. The van der Waals surface area contributed by atoms with Crippen molar-refractivity contribution in [2.24, 2.45) is 0 Å². The highest BCUT2D eigenvalue weighted by Gasteiger charge is 2.19. The van der Waals surface area contributed by atoms with Crippen molar-refractivity contribution < 1.29 is 0 Å². The second-order valence-electron chi connectivity index (χ2n) is 4.91. The lowest BCUT2D eigenvalue weighted by Crippen LogP contribution is -2.31. The van der Waals surface area contributed by atoms with E-state index >= 15 is 0 Å². The van der Waals surface area contributed by atoms with E-state index in [0.717, 1.165) is 36.6 Å². The van der Waals surface area contributed by atoms with Crippen molar-refractivity contribution in [2.75, 3.05) is 26.7 Å². The zero-order chi connectivity index (χ0) is 12.1. The summed E-state index contributed by atoms with van der Waals surface area (Å²) in [6.45, 7) is 3.41. The van der Waals surface area contributed by atoms with Gasteiger partial charge in [-0.05, 0) is 44.0 Å². The summed E-state index contributed by atoms with van der Waals surface area (Å²) >= 11 is 3.46. The molecule has 1 aliphatic carbocycles. The fourth-order valence-electron chi connectivity index (χ4n) is 1.83. The Bertz CT molecular complexity index is 333. The molecule has 1 saturated carbocycles. The molecule has 0 radical (unpaired) electrons. The van der Waals surface area contributed by atoms with Crippen LogP contribution in [0.15, 0.2) is 28.7 Å². The number of benzene rings is 1. The fourth-order valence-corrected chi connectivity index (χ4v) is 2.09. The molecule has 1 aromatic rings. The Balaban J connectivity index is 1.60. The summed E-state index contributed by atoms with van der Waals surface area (Å²) in [5.41, 5.74) is 1.41. The molecule has 2 nitrogen and oxygen atoms in total. The number of nitrogens with zero attached hydrogens (tertiary/aromatic N) is 1. The third kappa shape index (κ3) is 5.19. The molecule has 0 unspecified atom stereocenters. The Kier molecular flexibility index (Phi) is 5.01. The monoisotopic (exact) mass is 296 g/mol. The minimum Gasteiger partial charge on any atom is -0.313 e. The average Bonchev–Trinajstić information content (AvgIpc) is 3.12. The molecule has 0 spiro atoms. The zero-order valence-corrected chi connectivity index (χ0v) is 12.0. The molecule has 1 fully saturated rings. The fraction of sp³-hybridized carbons (Fsp3) is 0.571. The smallest absolute Gasteiger partial charge is 0.0175 e. The molecule has 0 heterocycles. The van der Waals surface area contributed by atoms with Crippen LogP contribution in [0.2, 0.25) is 0 Å². The maximum Gasteiger partial charge on any atom is 0.0175 e. The summed E-state index contributed by atoms with van der Waals surface area (Å²) in [4.78, 5) is 2.40. The largest absolute Gasteiger partial charge is 0.313 e. The second-order valence-corrected chi connectivity index (χ2v) is 5.82. The van der Waals surface area contributed by atoms with E-state index in [2.05, 4.69) is 57.5 Å². The molecular weight excluding hydrogens is 276 g/mol. The van der Waals surface area contributed by atoms with Gasteiger partial charge < -0.3 is 10.2 Å². The molecule has 1 N–H and O–H groups in total. The molecule has 0 aromatic heterocycles. The normalized spacial score (nSPS) is 15.5. The highest BCUT2D eigenvalue weighted by atomic mass is 79.9. The minimum atomic E-state index is 0.829. The Morgan fingerprint density at radius 3 is 2.59 bits per heavy atom. The number of halogens is 1. The van der Waals surface area contributed by atoms with Crippen molar-refractivity contribution in [3.63, 3.8) is 0 Å². The van der Waals surface area contributed by atoms with Crippen LogP contribution in [0.1, 0.15) is 18.4 Å². The van der Waals surface area contributed by atoms with Gasteiger partial charge in [-0.15, -0.1) is 0 Å². The summed E-state index contributed by atoms with van der Waals surface area (Å²) in [7, 11) is 2.20. The van der Waals surface area contributed by atoms with E-state index in [4.69, 9.17) is 0 Å². The van der Waals surface area contributed by atoms with Gasteiger partial charge in [0, 0.05) is 30.1 Å². The van der Waals surface area contributed by atoms with E-state index in [1.807, 2.05) is 0 Å². The van der Waals surface area contributed by atoms with Crippen LogP contribution in [0.25, 0.3) is 0 Å². The van der Waals surface area contributed by atoms with Crippen molar-refractivity contribution in [3.8, 4) is 0 Å². The van der Waals surface area contributed by atoms with Crippen molar-refractivity contribution in [1.82, 2.24) is 10.2 Å². The molecule has 0 saturated heterocycles. The average molecular weight is 297 g/mol. The molecule has 0 amide bonds. The third-order valence-electron chi connectivity index (χ3n) is 3.20. The van der Waals surface area contributed by atoms with Gasteiger partial charge in [0.15, 0.2) is 0 Å². The lowest BCUT2D eigenvalue weighted by molar-refractivity contribution is 0.335. The second kappa shape index (κ2) is 6.53. The van der Waals surface area contributed by atoms with Gasteiger partial charge in [-0.3, -0.25) is 0 Å². The lowest BCUT2D eigenvalue weighted by Gasteiger charge is -2.16. The SMILES string of the molecule is CN(CCNC1CC1)CCc1ccc(Br)cc1. The quantitative estimate of drug-likeness (QED) is 0.832. The summed E-state index contributed by atoms with van der Waals surface area (Å²) in [6, 6.07) is 9.45. The molecule has 94 valence electrons. The molecule has 1 aromatic carbocycles. The highest BCUT2D eigenvalue weighted by molar-refractivity contribution is 9.10. The molecule has 0 bridgehead atoms. The number of hydrogen-bond donors (Lipinski definition) is 1. The van der Waals surface area contributed by atoms with Crippen LogP contribution in [-0.4, -0.2) is 37.6 Å². The number of nitrogens with one attached hydrogen (secondary N) is 1. The first kappa shape index (κ1) is 13.1. The van der Waals surface area contributed by atoms with Crippen molar-refractivity contribution in [1.29, 1.82) is 0 Å². The minimum absolute atomic E-state index is 0.829. The molecule has 0 aliphatic heterocycles. The van der Waals surface area contributed by atoms with Crippen molar-refractivity contribution >= 4 is 15.9 Å². The van der Waals surface area contributed by atoms with Gasteiger partial charge >= 0.3 is 0 Å². The zero-order valence-electron chi connectivity index (χ0n) is 10.5. The van der Waals surface area contributed by atoms with E-state index in [9.17, 15) is 0 Å². The van der Waals surface area contributed by atoms with Gasteiger partial charge in [0.05, 0.1) is 0 Å². The first-order chi connectivity index (χ1) is 8.24. The Morgan fingerprint density at radius 2 is 1.94 bits per heavy atom. The molecule has 1 aliphatic rings. The topological polar surface area (TPSA) is 15.3 Å². The lowest BCUT2D eigenvalue weighted by atomic mass is 10.1. The molecule has 3 heteroatoms. The third-order valence-corrected chi connectivity index (χ3v) is 3.73. The molecule has 2 rings (SSSR count). The summed E-state index contributed by atoms with van der Waals surface area (Å²) in [5, 5.41) is 3.55. The predicted molar refractivity (Wildman–Crippen MR) is 76.4 cm³/mol. The standard InChI is InChI=1S/C14H21BrN2/c1-17(11-9-16-14-6-7-14)10-8-12-2-4-13(15)5-3-12/h2-5,14,16H,6-11H2,1H3. The number of rotatable bonds is 7. The molecule has 0 atom stereocenters. The van der Waals surface area contributed by atoms with E-state index in [1.165, 1.54) is 18.4 Å². The van der Waals surface area contributed by atoms with Crippen LogP contribution in [0.5, 0.6) is 0 Å². The van der Waals surface area contributed by atoms with Crippen LogP contribution >= 0.6 is 15.9 Å². The van der Waals surface area contributed by atoms with Crippen LogP contribution in [0.4, 0.5) is 0 Å². The maximum atomic E-state index is 3.55. The van der Waals surface area contributed by atoms with Gasteiger partial charge in [0.25, 0.3) is 0 Å². The Morgan fingerprint density at radius 1 is 1.24 bits per heavy atom. The van der Waals surface area contributed by atoms with Gasteiger partial charge in [-0.2, -0.15) is 0 Å². The Labute approximate surface area is 113 Å². The van der Waals surface area contributed by atoms with Gasteiger partial charge in [0.2, 0.25) is 0 Å². The van der Waals surface area contributed by atoms with Gasteiger partial charge in [-0.25, -0.2) is 0 Å². The number of hydrogen-bond acceptors (Lipinski definition) is 2. The van der Waals surface area contributed by atoms with E-state index in [1.54, 1.807) is 0 Å². The van der Waals surface area contributed by atoms with Crippen LogP contribution in [0, 0.1) is 0 Å². The summed E-state index contributed by atoms with van der Waals surface area (Å²) in [6.07, 6.45) is 3.89. The molecular formula is C14H21BrN2. The van der Waals surface area contributed by atoms with Crippen LogP contribution < -0.4 is 5.32 Å². The Hall–Kier alpha value is -0.380. The van der Waals surface area contributed by atoms with Gasteiger partial charge in [0.1, 0.15) is 0 Å². The number of likely N-dealkylation sites (N-methyl/N-ethyl adjacent to an activating group) is 1. The first-order valence-corrected chi connectivity index (χ1v) is 7.20. The van der Waals surface area contributed by atoms with Crippen LogP contribution in [-0.2, 0) is 6.42 Å². The van der Waals surface area contributed by atoms with Crippen molar-refractivity contribution in [3.05, 3.63) is 34.3 Å². The summed E-state index contributed by atoms with van der Waals surface area (Å²) in [5.74, 6) is 0. The van der Waals surface area contributed by atoms with Gasteiger partial charge in [-0.1, -0.05) is 28.1 Å². The first-order valence-electron chi connectivity index (χ1n) is 6.40. The van der Waals surface area contributed by atoms with E-state index in [-0.39, 0.29) is 0 Å². The van der Waals surface area contributed by atoms with E-state index < -0.39 is 0 Å². The van der Waals surface area contributed by atoms with Crippen LogP contribution in [0.3, 0.4) is 0 Å². The van der Waals surface area contributed by atoms with Crippen molar-refractivity contribution in [2.45, 2.75) is 25.3 Å². The maximum absolute atomic E-state index is 3.55.